The number of carbonyl (C=O) groups is 1. The topological polar surface area (TPSA) is 55.6 Å². The van der Waals surface area contributed by atoms with Gasteiger partial charge in [-0.05, 0) is 37.0 Å². The monoisotopic (exact) mass is 332 g/mol. The van der Waals surface area contributed by atoms with Crippen LogP contribution in [0.2, 0.25) is 0 Å². The van der Waals surface area contributed by atoms with Crippen molar-refractivity contribution in [2.75, 3.05) is 20.3 Å². The molecule has 1 aliphatic rings. The highest BCUT2D eigenvalue weighted by Crippen LogP contribution is 2.31. The number of halogens is 1. The highest BCUT2D eigenvalue weighted by molar-refractivity contribution is 5.77. The molecule has 5 nitrogen and oxygen atoms in total. The summed E-state index contributed by atoms with van der Waals surface area (Å²) < 4.78 is 23.8. The fraction of sp³-hybridized carbons (Fsp3) is 0.444. The summed E-state index contributed by atoms with van der Waals surface area (Å²) >= 11 is 0. The number of oxazole rings is 1. The molecule has 2 aromatic rings. The molecule has 1 atom stereocenters. The SMILES string of the molecule is COCC(=O)N1CCCC[C@H]1c1ncc(Cc2ccc(F)cc2)o1. The molecule has 1 saturated heterocycles. The summed E-state index contributed by atoms with van der Waals surface area (Å²) in [5.74, 6) is 0.976. The molecule has 128 valence electrons. The van der Waals surface area contributed by atoms with Gasteiger partial charge in [0, 0.05) is 20.1 Å². The van der Waals surface area contributed by atoms with Crippen LogP contribution < -0.4 is 0 Å². The minimum absolute atomic E-state index is 0.0412. The van der Waals surface area contributed by atoms with E-state index in [-0.39, 0.29) is 24.4 Å². The van der Waals surface area contributed by atoms with Gasteiger partial charge >= 0.3 is 0 Å². The van der Waals surface area contributed by atoms with Crippen molar-refractivity contribution in [2.24, 2.45) is 0 Å². The van der Waals surface area contributed by atoms with E-state index in [1.54, 1.807) is 23.2 Å². The first kappa shape index (κ1) is 16.6. The number of hydrogen-bond donors (Lipinski definition) is 0. The van der Waals surface area contributed by atoms with Crippen molar-refractivity contribution in [1.82, 2.24) is 9.88 Å². The molecule has 0 unspecified atom stereocenters. The molecular weight excluding hydrogens is 311 g/mol. The second-order valence-corrected chi connectivity index (χ2v) is 6.00. The van der Waals surface area contributed by atoms with Crippen molar-refractivity contribution in [3.8, 4) is 0 Å². The molecule has 2 heterocycles. The predicted molar refractivity (Wildman–Crippen MR) is 85.9 cm³/mol. The van der Waals surface area contributed by atoms with Crippen LogP contribution in [0.1, 0.15) is 42.5 Å². The van der Waals surface area contributed by atoms with Gasteiger partial charge in [0.1, 0.15) is 24.2 Å². The van der Waals surface area contributed by atoms with Gasteiger partial charge in [0.15, 0.2) is 0 Å². The Hall–Kier alpha value is -2.21. The van der Waals surface area contributed by atoms with Crippen LogP contribution in [-0.4, -0.2) is 36.1 Å². The average Bonchev–Trinajstić information content (AvgIpc) is 3.05. The first-order chi connectivity index (χ1) is 11.7. The van der Waals surface area contributed by atoms with Crippen molar-refractivity contribution < 1.29 is 18.3 Å². The van der Waals surface area contributed by atoms with Crippen LogP contribution in [0.3, 0.4) is 0 Å². The lowest BCUT2D eigenvalue weighted by Crippen LogP contribution is -2.40. The number of hydrogen-bond acceptors (Lipinski definition) is 4. The van der Waals surface area contributed by atoms with Gasteiger partial charge < -0.3 is 14.1 Å². The first-order valence-electron chi connectivity index (χ1n) is 8.15. The van der Waals surface area contributed by atoms with Gasteiger partial charge in [0.05, 0.1) is 6.20 Å². The lowest BCUT2D eigenvalue weighted by atomic mass is 10.0. The molecule has 3 rings (SSSR count). The number of methoxy groups -OCH3 is 1. The number of piperidine rings is 1. The lowest BCUT2D eigenvalue weighted by molar-refractivity contribution is -0.139. The number of likely N-dealkylation sites (tertiary alicyclic amines) is 1. The molecule has 1 amide bonds. The molecule has 1 aliphatic heterocycles. The minimum Gasteiger partial charge on any atom is -0.443 e. The Labute approximate surface area is 140 Å². The first-order valence-corrected chi connectivity index (χ1v) is 8.15. The van der Waals surface area contributed by atoms with Crippen LogP contribution in [0.5, 0.6) is 0 Å². The van der Waals surface area contributed by atoms with E-state index in [0.29, 0.717) is 24.6 Å². The molecule has 0 spiro atoms. The van der Waals surface area contributed by atoms with Gasteiger partial charge in [-0.3, -0.25) is 4.79 Å². The number of carbonyl (C=O) groups excluding carboxylic acids is 1. The second kappa shape index (κ2) is 7.57. The van der Waals surface area contributed by atoms with Gasteiger partial charge in [-0.15, -0.1) is 0 Å². The number of ether oxygens (including phenoxy) is 1. The van der Waals surface area contributed by atoms with Crippen molar-refractivity contribution in [3.05, 3.63) is 53.5 Å². The molecule has 6 heteroatoms. The van der Waals surface area contributed by atoms with Crippen molar-refractivity contribution >= 4 is 5.91 Å². The zero-order valence-corrected chi connectivity index (χ0v) is 13.7. The maximum Gasteiger partial charge on any atom is 0.249 e. The van der Waals surface area contributed by atoms with Crippen molar-refractivity contribution in [1.29, 1.82) is 0 Å². The standard InChI is InChI=1S/C18H21FN2O3/c1-23-12-17(22)21-9-3-2-4-16(21)18-20-11-15(24-18)10-13-5-7-14(19)8-6-13/h5-8,11,16H,2-4,9-10,12H2,1H3/t16-/m0/s1. The smallest absolute Gasteiger partial charge is 0.249 e. The highest BCUT2D eigenvalue weighted by atomic mass is 19.1. The third-order valence-corrected chi connectivity index (χ3v) is 4.24. The van der Waals surface area contributed by atoms with Crippen LogP contribution in [0, 0.1) is 5.82 Å². The van der Waals surface area contributed by atoms with E-state index in [0.717, 1.165) is 24.8 Å². The van der Waals surface area contributed by atoms with Crippen LogP contribution in [0.15, 0.2) is 34.9 Å². The summed E-state index contributed by atoms with van der Waals surface area (Å²) in [5.41, 5.74) is 0.954. The number of aromatic nitrogens is 1. The van der Waals surface area contributed by atoms with Crippen LogP contribution in [0.4, 0.5) is 4.39 Å². The average molecular weight is 332 g/mol. The molecule has 0 N–H and O–H groups in total. The Morgan fingerprint density at radius 3 is 2.92 bits per heavy atom. The fourth-order valence-electron chi connectivity index (χ4n) is 3.06. The quantitative estimate of drug-likeness (QED) is 0.844. The third-order valence-electron chi connectivity index (χ3n) is 4.24. The third kappa shape index (κ3) is 3.82. The maximum atomic E-state index is 13.0. The normalized spacial score (nSPS) is 17.9. The van der Waals surface area contributed by atoms with E-state index in [2.05, 4.69) is 4.98 Å². The predicted octanol–water partition coefficient (Wildman–Crippen LogP) is 3.10. The Morgan fingerprint density at radius 1 is 1.38 bits per heavy atom. The maximum absolute atomic E-state index is 13.0. The van der Waals surface area contributed by atoms with E-state index in [9.17, 15) is 9.18 Å². The van der Waals surface area contributed by atoms with Crippen LogP contribution in [0.25, 0.3) is 0 Å². The molecule has 24 heavy (non-hydrogen) atoms. The molecule has 0 radical (unpaired) electrons. The number of nitrogens with zero attached hydrogens (tertiary/aromatic N) is 2. The van der Waals surface area contributed by atoms with Crippen molar-refractivity contribution in [3.63, 3.8) is 0 Å². The Bertz CT molecular complexity index is 684. The van der Waals surface area contributed by atoms with Crippen molar-refractivity contribution in [2.45, 2.75) is 31.7 Å². The number of amides is 1. The van der Waals surface area contributed by atoms with E-state index >= 15 is 0 Å². The second-order valence-electron chi connectivity index (χ2n) is 6.00. The largest absolute Gasteiger partial charge is 0.443 e. The Morgan fingerprint density at radius 2 is 2.17 bits per heavy atom. The Balaban J connectivity index is 1.73. The summed E-state index contributed by atoms with van der Waals surface area (Å²) in [6.45, 7) is 0.766. The van der Waals surface area contributed by atoms with E-state index in [1.807, 2.05) is 0 Å². The summed E-state index contributed by atoms with van der Waals surface area (Å²) in [7, 11) is 1.52. The Kier molecular flexibility index (Phi) is 5.25. The van der Waals surface area contributed by atoms with E-state index in [4.69, 9.17) is 9.15 Å². The summed E-state index contributed by atoms with van der Waals surface area (Å²) in [5, 5.41) is 0. The van der Waals surface area contributed by atoms with E-state index < -0.39 is 0 Å². The summed E-state index contributed by atoms with van der Waals surface area (Å²) in [6.07, 6.45) is 5.09. The van der Waals surface area contributed by atoms with Gasteiger partial charge in [0.25, 0.3) is 0 Å². The highest BCUT2D eigenvalue weighted by Gasteiger charge is 2.31. The molecule has 1 fully saturated rings. The van der Waals surface area contributed by atoms with Gasteiger partial charge in [-0.2, -0.15) is 0 Å². The van der Waals surface area contributed by atoms with E-state index in [1.165, 1.54) is 19.2 Å². The van der Waals surface area contributed by atoms with Gasteiger partial charge in [-0.25, -0.2) is 9.37 Å². The fourth-order valence-corrected chi connectivity index (χ4v) is 3.06. The van der Waals surface area contributed by atoms with Crippen LogP contribution in [-0.2, 0) is 16.0 Å². The summed E-state index contributed by atoms with van der Waals surface area (Å²) in [4.78, 5) is 18.4. The van der Waals surface area contributed by atoms with Crippen LogP contribution >= 0.6 is 0 Å². The van der Waals surface area contributed by atoms with Gasteiger partial charge in [-0.1, -0.05) is 12.1 Å². The summed E-state index contributed by atoms with van der Waals surface area (Å²) in [6, 6.07) is 6.18. The molecular formula is C18H21FN2O3. The zero-order valence-electron chi connectivity index (χ0n) is 13.7. The molecule has 0 saturated carbocycles. The minimum atomic E-state index is -0.258. The molecule has 0 bridgehead atoms. The number of rotatable bonds is 5. The molecule has 1 aromatic heterocycles. The molecule has 0 aliphatic carbocycles. The van der Waals surface area contributed by atoms with Gasteiger partial charge in [0.2, 0.25) is 11.8 Å². The lowest BCUT2D eigenvalue weighted by Gasteiger charge is -2.33. The zero-order chi connectivity index (χ0) is 16.9. The number of benzene rings is 1. The molecule has 1 aromatic carbocycles.